The van der Waals surface area contributed by atoms with Crippen LogP contribution in [0.4, 0.5) is 5.69 Å². The first kappa shape index (κ1) is 17.2. The fourth-order valence-corrected chi connectivity index (χ4v) is 3.29. The van der Waals surface area contributed by atoms with Gasteiger partial charge in [-0.05, 0) is 38.0 Å². The number of nitrogens with one attached hydrogen (secondary N) is 1. The fraction of sp³-hybridized carbons (Fsp3) is 0.300. The van der Waals surface area contributed by atoms with Gasteiger partial charge in [-0.3, -0.25) is 19.1 Å². The molecule has 2 heterocycles. The molecule has 1 aliphatic rings. The lowest BCUT2D eigenvalue weighted by Crippen LogP contribution is -2.33. The van der Waals surface area contributed by atoms with Crippen molar-refractivity contribution in [3.05, 3.63) is 68.5 Å². The number of para-hydroxylation sites is 1. The molecule has 27 heavy (non-hydrogen) atoms. The molecular formula is C20H20N4O3. The molecule has 0 aliphatic heterocycles. The van der Waals surface area contributed by atoms with Crippen molar-refractivity contribution in [1.29, 1.82) is 0 Å². The highest BCUT2D eigenvalue weighted by atomic mass is 16.2. The molecule has 0 saturated heterocycles. The minimum atomic E-state index is -0.584. The van der Waals surface area contributed by atoms with Gasteiger partial charge in [-0.15, -0.1) is 0 Å². The SMILES string of the molecule is CCn1c(=O)[nH]c(=O)c2c(C(=O)N(C)c3ccccc3)cc(C3CC3)nc21. The molecule has 0 unspecified atom stereocenters. The van der Waals surface area contributed by atoms with E-state index in [1.54, 1.807) is 13.1 Å². The van der Waals surface area contributed by atoms with Gasteiger partial charge in [0.15, 0.2) is 5.65 Å². The summed E-state index contributed by atoms with van der Waals surface area (Å²) in [4.78, 5) is 46.4. The minimum absolute atomic E-state index is 0.161. The van der Waals surface area contributed by atoms with Crippen LogP contribution in [0.2, 0.25) is 0 Å². The summed E-state index contributed by atoms with van der Waals surface area (Å²) in [5.41, 5.74) is 0.946. The Morgan fingerprint density at radius 2 is 1.96 bits per heavy atom. The third-order valence-corrected chi connectivity index (χ3v) is 4.96. The van der Waals surface area contributed by atoms with Crippen molar-refractivity contribution < 1.29 is 4.79 Å². The van der Waals surface area contributed by atoms with Crippen LogP contribution in [0.25, 0.3) is 11.0 Å². The summed E-state index contributed by atoms with van der Waals surface area (Å²) in [7, 11) is 1.67. The fourth-order valence-electron chi connectivity index (χ4n) is 3.29. The van der Waals surface area contributed by atoms with Crippen LogP contribution < -0.4 is 16.1 Å². The standard InChI is InChI=1S/C20H20N4O3/c1-3-24-17-16(18(25)22-20(24)27)14(11-15(21-17)12-9-10-12)19(26)23(2)13-7-5-4-6-8-13/h4-8,11-12H,3,9-10H2,1-2H3,(H,22,25,27). The summed E-state index contributed by atoms with van der Waals surface area (Å²) in [5, 5.41) is 0.161. The third-order valence-electron chi connectivity index (χ3n) is 4.96. The molecule has 1 amide bonds. The second-order valence-corrected chi connectivity index (χ2v) is 6.77. The monoisotopic (exact) mass is 364 g/mol. The van der Waals surface area contributed by atoms with E-state index in [4.69, 9.17) is 0 Å². The topological polar surface area (TPSA) is 88.1 Å². The Labute approximate surface area is 155 Å². The van der Waals surface area contributed by atoms with Crippen LogP contribution >= 0.6 is 0 Å². The van der Waals surface area contributed by atoms with E-state index in [1.165, 1.54) is 9.47 Å². The molecular weight excluding hydrogens is 344 g/mol. The number of H-pyrrole nitrogens is 1. The van der Waals surface area contributed by atoms with Gasteiger partial charge in [0, 0.05) is 30.9 Å². The quantitative estimate of drug-likeness (QED) is 0.769. The number of benzene rings is 1. The summed E-state index contributed by atoms with van der Waals surface area (Å²) in [6, 6.07) is 10.9. The number of amides is 1. The number of rotatable bonds is 4. The normalized spacial score (nSPS) is 13.7. The van der Waals surface area contributed by atoms with Gasteiger partial charge >= 0.3 is 5.69 Å². The van der Waals surface area contributed by atoms with E-state index in [2.05, 4.69) is 9.97 Å². The van der Waals surface area contributed by atoms with Crippen LogP contribution in [0, 0.1) is 0 Å². The van der Waals surface area contributed by atoms with E-state index in [1.807, 2.05) is 37.3 Å². The summed E-state index contributed by atoms with van der Waals surface area (Å²) in [6.45, 7) is 2.16. The zero-order chi connectivity index (χ0) is 19.1. The molecule has 1 N–H and O–H groups in total. The summed E-state index contributed by atoms with van der Waals surface area (Å²) >= 11 is 0. The maximum absolute atomic E-state index is 13.2. The number of hydrogen-bond donors (Lipinski definition) is 1. The Morgan fingerprint density at radius 1 is 1.26 bits per heavy atom. The molecule has 1 saturated carbocycles. The Morgan fingerprint density at radius 3 is 2.59 bits per heavy atom. The largest absolute Gasteiger partial charge is 0.329 e. The maximum Gasteiger partial charge on any atom is 0.329 e. The van der Waals surface area contributed by atoms with Crippen molar-refractivity contribution >= 4 is 22.6 Å². The number of carbonyl (C=O) groups excluding carboxylic acids is 1. The number of aryl methyl sites for hydroxylation is 1. The first-order chi connectivity index (χ1) is 13.0. The molecule has 2 aromatic heterocycles. The van der Waals surface area contributed by atoms with Crippen molar-refractivity contribution in [3.8, 4) is 0 Å². The zero-order valence-corrected chi connectivity index (χ0v) is 15.2. The first-order valence-electron chi connectivity index (χ1n) is 9.02. The van der Waals surface area contributed by atoms with Crippen molar-refractivity contribution in [1.82, 2.24) is 14.5 Å². The van der Waals surface area contributed by atoms with Gasteiger partial charge in [0.05, 0.1) is 10.9 Å². The predicted molar refractivity (Wildman–Crippen MR) is 103 cm³/mol. The molecule has 0 spiro atoms. The average molecular weight is 364 g/mol. The van der Waals surface area contributed by atoms with Crippen LogP contribution in [0.3, 0.4) is 0 Å². The molecule has 0 bridgehead atoms. The van der Waals surface area contributed by atoms with Crippen molar-refractivity contribution in [2.75, 3.05) is 11.9 Å². The highest BCUT2D eigenvalue weighted by Gasteiger charge is 2.29. The molecule has 7 heteroatoms. The number of aromatic nitrogens is 3. The molecule has 3 aromatic rings. The second-order valence-electron chi connectivity index (χ2n) is 6.77. The number of nitrogens with zero attached hydrogens (tertiary/aromatic N) is 3. The second kappa shape index (κ2) is 6.50. The van der Waals surface area contributed by atoms with Gasteiger partial charge in [-0.1, -0.05) is 18.2 Å². The summed E-state index contributed by atoms with van der Waals surface area (Å²) in [5.74, 6) is -0.0232. The van der Waals surface area contributed by atoms with E-state index in [9.17, 15) is 14.4 Å². The number of hydrogen-bond acceptors (Lipinski definition) is 4. The summed E-state index contributed by atoms with van der Waals surface area (Å²) in [6.07, 6.45) is 2.00. The first-order valence-corrected chi connectivity index (χ1v) is 9.02. The number of carbonyl (C=O) groups is 1. The molecule has 138 valence electrons. The zero-order valence-electron chi connectivity index (χ0n) is 15.2. The Balaban J connectivity index is 1.97. The highest BCUT2D eigenvalue weighted by molar-refractivity contribution is 6.12. The molecule has 0 radical (unpaired) electrons. The van der Waals surface area contributed by atoms with Crippen molar-refractivity contribution in [2.24, 2.45) is 0 Å². The molecule has 0 atom stereocenters. The van der Waals surface area contributed by atoms with E-state index in [0.717, 1.165) is 24.2 Å². The average Bonchev–Trinajstić information content (AvgIpc) is 3.52. The van der Waals surface area contributed by atoms with Gasteiger partial charge in [0.2, 0.25) is 0 Å². The van der Waals surface area contributed by atoms with E-state index >= 15 is 0 Å². The van der Waals surface area contributed by atoms with Gasteiger partial charge in [0.25, 0.3) is 11.5 Å². The lowest BCUT2D eigenvalue weighted by atomic mass is 10.1. The van der Waals surface area contributed by atoms with Gasteiger partial charge in [-0.2, -0.15) is 0 Å². The number of fused-ring (bicyclic) bond motifs is 1. The lowest BCUT2D eigenvalue weighted by Gasteiger charge is -2.19. The Kier molecular flexibility index (Phi) is 4.14. The number of anilines is 1. The maximum atomic E-state index is 13.2. The summed E-state index contributed by atoms with van der Waals surface area (Å²) < 4.78 is 1.40. The number of aromatic amines is 1. The Hall–Kier alpha value is -3.22. The van der Waals surface area contributed by atoms with Gasteiger partial charge in [0.1, 0.15) is 0 Å². The molecule has 4 rings (SSSR count). The van der Waals surface area contributed by atoms with E-state index < -0.39 is 11.2 Å². The lowest BCUT2D eigenvalue weighted by molar-refractivity contribution is 0.0994. The molecule has 1 fully saturated rings. The third kappa shape index (κ3) is 2.95. The molecule has 7 nitrogen and oxygen atoms in total. The highest BCUT2D eigenvalue weighted by Crippen LogP contribution is 2.40. The molecule has 1 aromatic carbocycles. The smallest absolute Gasteiger partial charge is 0.311 e. The minimum Gasteiger partial charge on any atom is -0.311 e. The van der Waals surface area contributed by atoms with E-state index in [-0.39, 0.29) is 28.4 Å². The van der Waals surface area contributed by atoms with Gasteiger partial charge in [-0.25, -0.2) is 9.78 Å². The van der Waals surface area contributed by atoms with Crippen molar-refractivity contribution in [2.45, 2.75) is 32.2 Å². The van der Waals surface area contributed by atoms with Crippen LogP contribution in [0.15, 0.2) is 46.0 Å². The van der Waals surface area contributed by atoms with Crippen LogP contribution in [0.5, 0.6) is 0 Å². The Bertz CT molecular complexity index is 1140. The van der Waals surface area contributed by atoms with Gasteiger partial charge < -0.3 is 4.90 Å². The van der Waals surface area contributed by atoms with Crippen molar-refractivity contribution in [3.63, 3.8) is 0 Å². The molecule has 1 aliphatic carbocycles. The predicted octanol–water partition coefficient (Wildman–Crippen LogP) is 2.26. The van der Waals surface area contributed by atoms with E-state index in [0.29, 0.717) is 6.54 Å². The van der Waals surface area contributed by atoms with Crippen LogP contribution in [0.1, 0.15) is 41.7 Å². The number of pyridine rings is 1. The van der Waals surface area contributed by atoms with Crippen LogP contribution in [-0.4, -0.2) is 27.5 Å². The van der Waals surface area contributed by atoms with Crippen LogP contribution in [-0.2, 0) is 6.54 Å².